The highest BCUT2D eigenvalue weighted by atomic mass is 15.6. The molecule has 0 bridgehead atoms. The predicted molar refractivity (Wildman–Crippen MR) is 96.5 cm³/mol. The lowest BCUT2D eigenvalue weighted by atomic mass is 10.0. The topological polar surface area (TPSA) is 74.1 Å². The first-order valence-electron chi connectivity index (χ1n) is 9.17. The molecule has 134 valence electrons. The van der Waals surface area contributed by atoms with E-state index in [9.17, 15) is 0 Å². The number of hydrogen-bond acceptors (Lipinski definition) is 7. The molecule has 8 nitrogen and oxygen atoms in total. The zero-order valence-corrected chi connectivity index (χ0v) is 14.5. The van der Waals surface area contributed by atoms with E-state index in [0.717, 1.165) is 56.8 Å². The molecule has 3 heterocycles. The molecule has 0 radical (unpaired) electrons. The fraction of sp³-hybridized carbons (Fsp3) is 0.588. The minimum Gasteiger partial charge on any atom is -0.337 e. The van der Waals surface area contributed by atoms with Crippen LogP contribution in [0.3, 0.4) is 0 Å². The van der Waals surface area contributed by atoms with Gasteiger partial charge in [0.1, 0.15) is 0 Å². The minimum absolute atomic E-state index is 0.789. The van der Waals surface area contributed by atoms with Crippen molar-refractivity contribution >= 4 is 5.95 Å². The first kappa shape index (κ1) is 16.4. The normalized spacial score (nSPS) is 19.6. The van der Waals surface area contributed by atoms with Gasteiger partial charge in [0.2, 0.25) is 5.95 Å². The van der Waals surface area contributed by atoms with Gasteiger partial charge in [-0.15, -0.1) is 0 Å². The molecule has 4 rings (SSSR count). The van der Waals surface area contributed by atoms with Gasteiger partial charge < -0.3 is 4.90 Å². The van der Waals surface area contributed by atoms with Gasteiger partial charge in [-0.1, -0.05) is 23.3 Å². The number of hydrazine groups is 1. The number of nitrogens with zero attached hydrogens (tertiary/aromatic N) is 6. The number of hydrogen-bond donors (Lipinski definition) is 2. The van der Waals surface area contributed by atoms with Gasteiger partial charge in [0.25, 0.3) is 0 Å². The van der Waals surface area contributed by atoms with Crippen LogP contribution in [0.25, 0.3) is 5.69 Å². The van der Waals surface area contributed by atoms with E-state index in [1.807, 2.05) is 35.0 Å². The Hall–Kier alpha value is -2.03. The number of nitrogens with one attached hydrogen (secondary N) is 2. The Kier molecular flexibility index (Phi) is 5.19. The van der Waals surface area contributed by atoms with Crippen molar-refractivity contribution in [2.45, 2.75) is 12.8 Å². The summed E-state index contributed by atoms with van der Waals surface area (Å²) in [6, 6.07) is 10.1. The Bertz CT molecular complexity index is 644. The first-order chi connectivity index (χ1) is 12.4. The minimum atomic E-state index is 0.789. The highest BCUT2D eigenvalue weighted by Gasteiger charge is 2.22. The Balaban J connectivity index is 1.28. The van der Waals surface area contributed by atoms with E-state index >= 15 is 0 Å². The van der Waals surface area contributed by atoms with Crippen molar-refractivity contribution in [2.24, 2.45) is 5.92 Å². The van der Waals surface area contributed by atoms with Gasteiger partial charge in [0.05, 0.1) is 5.69 Å². The average molecular weight is 342 g/mol. The fourth-order valence-electron chi connectivity index (χ4n) is 3.60. The standard InChI is InChI=1S/C17H26N8/c1-2-6-16(7-3-1)25-17(20-21-22-25)24-11-9-23(10-12-24)8-4-5-15-13-18-19-14-15/h1-3,6-7,15,18-19H,4-5,8-14H2. The molecule has 2 aromatic rings. The summed E-state index contributed by atoms with van der Waals surface area (Å²) in [5.74, 6) is 1.63. The maximum atomic E-state index is 4.25. The molecule has 2 N–H and O–H groups in total. The number of rotatable bonds is 6. The zero-order valence-electron chi connectivity index (χ0n) is 14.5. The summed E-state index contributed by atoms with van der Waals surface area (Å²) in [5.41, 5.74) is 7.42. The summed E-state index contributed by atoms with van der Waals surface area (Å²) in [5, 5.41) is 12.3. The van der Waals surface area contributed by atoms with E-state index < -0.39 is 0 Å². The molecule has 1 aromatic carbocycles. The molecule has 0 saturated carbocycles. The summed E-state index contributed by atoms with van der Waals surface area (Å²) in [6.45, 7) is 7.49. The van der Waals surface area contributed by atoms with Gasteiger partial charge in [-0.2, -0.15) is 4.68 Å². The van der Waals surface area contributed by atoms with Gasteiger partial charge in [-0.25, -0.2) is 0 Å². The van der Waals surface area contributed by atoms with Gasteiger partial charge in [0.15, 0.2) is 0 Å². The monoisotopic (exact) mass is 342 g/mol. The quantitative estimate of drug-likeness (QED) is 0.781. The lowest BCUT2D eigenvalue weighted by Crippen LogP contribution is -2.47. The van der Waals surface area contributed by atoms with E-state index in [1.54, 1.807) is 0 Å². The Labute approximate surface area is 148 Å². The molecule has 1 aromatic heterocycles. The van der Waals surface area contributed by atoms with Crippen LogP contribution in [0.15, 0.2) is 30.3 Å². The van der Waals surface area contributed by atoms with Crippen LogP contribution in [0.4, 0.5) is 5.95 Å². The lowest BCUT2D eigenvalue weighted by molar-refractivity contribution is 0.247. The molecule has 0 unspecified atom stereocenters. The number of piperazine rings is 1. The first-order valence-corrected chi connectivity index (χ1v) is 9.17. The third-order valence-electron chi connectivity index (χ3n) is 5.10. The molecule has 2 aliphatic heterocycles. The molecular formula is C17H26N8. The highest BCUT2D eigenvalue weighted by molar-refractivity contribution is 5.40. The van der Waals surface area contributed by atoms with Crippen molar-refractivity contribution in [1.29, 1.82) is 0 Å². The summed E-state index contributed by atoms with van der Waals surface area (Å²) in [7, 11) is 0. The molecule has 2 fully saturated rings. The summed E-state index contributed by atoms with van der Waals surface area (Å²) in [6.07, 6.45) is 2.57. The maximum absolute atomic E-state index is 4.25. The molecular weight excluding hydrogens is 316 g/mol. The van der Waals surface area contributed by atoms with Crippen LogP contribution in [0.5, 0.6) is 0 Å². The van der Waals surface area contributed by atoms with Crippen LogP contribution in [0.2, 0.25) is 0 Å². The van der Waals surface area contributed by atoms with Crippen LogP contribution < -0.4 is 15.8 Å². The average Bonchev–Trinajstić information content (AvgIpc) is 3.35. The van der Waals surface area contributed by atoms with Crippen LogP contribution in [0.1, 0.15) is 12.8 Å². The smallest absolute Gasteiger partial charge is 0.250 e. The van der Waals surface area contributed by atoms with E-state index in [4.69, 9.17) is 0 Å². The zero-order chi connectivity index (χ0) is 16.9. The van der Waals surface area contributed by atoms with Crippen molar-refractivity contribution < 1.29 is 0 Å². The largest absolute Gasteiger partial charge is 0.337 e. The van der Waals surface area contributed by atoms with E-state index in [1.165, 1.54) is 19.4 Å². The van der Waals surface area contributed by atoms with Crippen molar-refractivity contribution in [2.75, 3.05) is 50.7 Å². The molecule has 25 heavy (non-hydrogen) atoms. The molecule has 0 spiro atoms. The Morgan fingerprint density at radius 1 is 1.00 bits per heavy atom. The number of anilines is 1. The van der Waals surface area contributed by atoms with Crippen molar-refractivity contribution in [3.63, 3.8) is 0 Å². The molecule has 0 aliphatic carbocycles. The van der Waals surface area contributed by atoms with Gasteiger partial charge in [0, 0.05) is 39.3 Å². The third kappa shape index (κ3) is 3.97. The third-order valence-corrected chi connectivity index (χ3v) is 5.10. The maximum Gasteiger partial charge on any atom is 0.250 e. The second-order valence-electron chi connectivity index (χ2n) is 6.82. The highest BCUT2D eigenvalue weighted by Crippen LogP contribution is 2.17. The summed E-state index contributed by atoms with van der Waals surface area (Å²) in [4.78, 5) is 4.84. The molecule has 0 atom stereocenters. The summed E-state index contributed by atoms with van der Waals surface area (Å²) < 4.78 is 1.83. The van der Waals surface area contributed by atoms with Crippen molar-refractivity contribution in [1.82, 2.24) is 36.0 Å². The Morgan fingerprint density at radius 3 is 2.52 bits per heavy atom. The SMILES string of the molecule is c1ccc(-n2nnnc2N2CCN(CCCC3CNNC3)CC2)cc1. The lowest BCUT2D eigenvalue weighted by Gasteiger charge is -2.34. The van der Waals surface area contributed by atoms with Crippen molar-refractivity contribution in [3.8, 4) is 5.69 Å². The van der Waals surface area contributed by atoms with Crippen LogP contribution >= 0.6 is 0 Å². The van der Waals surface area contributed by atoms with Crippen molar-refractivity contribution in [3.05, 3.63) is 30.3 Å². The second kappa shape index (κ2) is 7.90. The van der Waals surface area contributed by atoms with E-state index in [2.05, 4.69) is 36.2 Å². The van der Waals surface area contributed by atoms with Gasteiger partial charge >= 0.3 is 0 Å². The number of benzene rings is 1. The molecule has 0 amide bonds. The van der Waals surface area contributed by atoms with Crippen LogP contribution in [0, 0.1) is 5.92 Å². The molecule has 2 aliphatic rings. The summed E-state index contributed by atoms with van der Waals surface area (Å²) >= 11 is 0. The number of para-hydroxylation sites is 1. The number of tetrazole rings is 1. The van der Waals surface area contributed by atoms with Gasteiger partial charge in [-0.3, -0.25) is 15.8 Å². The predicted octanol–water partition coefficient (Wildman–Crippen LogP) is 0.289. The van der Waals surface area contributed by atoms with Crippen LogP contribution in [-0.4, -0.2) is 70.9 Å². The number of aromatic nitrogens is 4. The van der Waals surface area contributed by atoms with E-state index in [0.29, 0.717) is 0 Å². The molecule has 8 heteroatoms. The van der Waals surface area contributed by atoms with Crippen LogP contribution in [-0.2, 0) is 0 Å². The Morgan fingerprint density at radius 2 is 1.76 bits per heavy atom. The van der Waals surface area contributed by atoms with Gasteiger partial charge in [-0.05, 0) is 47.9 Å². The van der Waals surface area contributed by atoms with E-state index in [-0.39, 0.29) is 0 Å². The fourth-order valence-corrected chi connectivity index (χ4v) is 3.60. The second-order valence-corrected chi connectivity index (χ2v) is 6.82. The molecule has 2 saturated heterocycles.